The molecule has 0 spiro atoms. The number of nitrogens with one attached hydrogen (secondary N) is 3. The number of para-hydroxylation sites is 2. The molecule has 7 nitrogen and oxygen atoms in total. The van der Waals surface area contributed by atoms with Gasteiger partial charge in [0.15, 0.2) is 0 Å². The van der Waals surface area contributed by atoms with E-state index in [9.17, 15) is 13.2 Å². The number of benzene rings is 2. The Kier molecular flexibility index (Phi) is 4.45. The van der Waals surface area contributed by atoms with Crippen LogP contribution in [0.4, 0.5) is 5.69 Å². The van der Waals surface area contributed by atoms with E-state index in [0.717, 1.165) is 17.3 Å². The van der Waals surface area contributed by atoms with Gasteiger partial charge < -0.3 is 10.3 Å². The van der Waals surface area contributed by atoms with Gasteiger partial charge in [0, 0.05) is 11.3 Å². The van der Waals surface area contributed by atoms with Crippen LogP contribution in [0.3, 0.4) is 0 Å². The number of amides is 1. The summed E-state index contributed by atoms with van der Waals surface area (Å²) in [5.41, 5.74) is 2.59. The van der Waals surface area contributed by atoms with Crippen LogP contribution in [0, 0.1) is 0 Å². The molecule has 0 saturated heterocycles. The van der Waals surface area contributed by atoms with Crippen molar-refractivity contribution < 1.29 is 13.2 Å². The Labute approximate surface area is 145 Å². The van der Waals surface area contributed by atoms with Crippen LogP contribution in [-0.2, 0) is 10.0 Å². The first-order chi connectivity index (χ1) is 11.8. The summed E-state index contributed by atoms with van der Waals surface area (Å²) in [5.74, 6) is 0.406. The lowest BCUT2D eigenvalue weighted by molar-refractivity contribution is 0.0938. The Balaban J connectivity index is 1.70. The standard InChI is InChI=1S/C17H18N4O3S/c1-11(16-19-14-5-3-4-6-15(14)20-16)18-17(22)12-7-9-13(10-8-12)21-25(2,23)24/h3-11,21H,1-2H3,(H,18,22)(H,19,20)/t11-/m0/s1. The van der Waals surface area contributed by atoms with Gasteiger partial charge in [0.05, 0.1) is 23.3 Å². The van der Waals surface area contributed by atoms with E-state index in [1.54, 1.807) is 24.3 Å². The normalized spacial score (nSPS) is 12.7. The molecule has 0 aliphatic rings. The SMILES string of the molecule is C[C@H](NC(=O)c1ccc(NS(C)(=O)=O)cc1)c1nc2ccccc2[nH]1. The average molecular weight is 358 g/mol. The average Bonchev–Trinajstić information content (AvgIpc) is 2.98. The maximum Gasteiger partial charge on any atom is 0.251 e. The summed E-state index contributed by atoms with van der Waals surface area (Å²) in [4.78, 5) is 20.0. The molecule has 0 fully saturated rings. The van der Waals surface area contributed by atoms with Gasteiger partial charge in [-0.15, -0.1) is 0 Å². The zero-order valence-electron chi connectivity index (χ0n) is 13.8. The molecule has 0 unspecified atom stereocenters. The minimum atomic E-state index is -3.34. The van der Waals surface area contributed by atoms with Gasteiger partial charge >= 0.3 is 0 Å². The van der Waals surface area contributed by atoms with Crippen LogP contribution in [0.2, 0.25) is 0 Å². The number of rotatable bonds is 5. The third-order valence-electron chi connectivity index (χ3n) is 3.62. The summed E-state index contributed by atoms with van der Waals surface area (Å²) in [6.45, 7) is 1.84. The Morgan fingerprint density at radius 2 is 1.80 bits per heavy atom. The fraction of sp³-hybridized carbons (Fsp3) is 0.176. The molecule has 3 N–H and O–H groups in total. The number of imidazole rings is 1. The number of hydrogen-bond acceptors (Lipinski definition) is 4. The molecule has 8 heteroatoms. The van der Waals surface area contributed by atoms with Gasteiger partial charge in [0.1, 0.15) is 5.82 Å². The van der Waals surface area contributed by atoms with Gasteiger partial charge in [0.2, 0.25) is 10.0 Å². The fourth-order valence-corrected chi connectivity index (χ4v) is 2.99. The molecule has 1 atom stereocenters. The van der Waals surface area contributed by atoms with Gasteiger partial charge in [-0.1, -0.05) is 12.1 Å². The number of nitrogens with zero attached hydrogens (tertiary/aromatic N) is 1. The van der Waals surface area contributed by atoms with Crippen molar-refractivity contribution in [1.29, 1.82) is 0 Å². The smallest absolute Gasteiger partial charge is 0.251 e. The summed E-state index contributed by atoms with van der Waals surface area (Å²) < 4.78 is 24.7. The van der Waals surface area contributed by atoms with Crippen molar-refractivity contribution in [1.82, 2.24) is 15.3 Å². The number of carbonyl (C=O) groups is 1. The molecule has 2 aromatic carbocycles. The van der Waals surface area contributed by atoms with E-state index in [0.29, 0.717) is 17.1 Å². The number of H-pyrrole nitrogens is 1. The van der Waals surface area contributed by atoms with Crippen LogP contribution < -0.4 is 10.0 Å². The minimum absolute atomic E-state index is 0.265. The molecule has 0 aliphatic heterocycles. The molecule has 0 aliphatic carbocycles. The highest BCUT2D eigenvalue weighted by atomic mass is 32.2. The van der Waals surface area contributed by atoms with Gasteiger partial charge in [-0.25, -0.2) is 13.4 Å². The van der Waals surface area contributed by atoms with Crippen molar-refractivity contribution in [2.24, 2.45) is 0 Å². The molecular weight excluding hydrogens is 340 g/mol. The van der Waals surface area contributed by atoms with Crippen molar-refractivity contribution in [3.05, 3.63) is 59.9 Å². The van der Waals surface area contributed by atoms with E-state index in [2.05, 4.69) is 20.0 Å². The highest BCUT2D eigenvalue weighted by Crippen LogP contribution is 2.16. The van der Waals surface area contributed by atoms with Gasteiger partial charge in [-0.05, 0) is 43.3 Å². The van der Waals surface area contributed by atoms with Gasteiger partial charge in [-0.3, -0.25) is 9.52 Å². The molecule has 1 aromatic heterocycles. The lowest BCUT2D eigenvalue weighted by atomic mass is 10.2. The second kappa shape index (κ2) is 6.56. The molecule has 1 heterocycles. The first-order valence-corrected chi connectivity index (χ1v) is 9.54. The predicted molar refractivity (Wildman–Crippen MR) is 96.9 cm³/mol. The number of carbonyl (C=O) groups excluding carboxylic acids is 1. The molecular formula is C17H18N4O3S. The quantitative estimate of drug-likeness (QED) is 0.651. The third kappa shape index (κ3) is 4.16. The molecule has 3 aromatic rings. The Hall–Kier alpha value is -2.87. The van der Waals surface area contributed by atoms with Crippen LogP contribution in [-0.4, -0.2) is 30.5 Å². The van der Waals surface area contributed by atoms with E-state index in [4.69, 9.17) is 0 Å². The molecule has 0 bridgehead atoms. The zero-order chi connectivity index (χ0) is 18.0. The van der Waals surface area contributed by atoms with Crippen molar-refractivity contribution in [3.8, 4) is 0 Å². The maximum atomic E-state index is 12.3. The summed E-state index contributed by atoms with van der Waals surface area (Å²) >= 11 is 0. The Morgan fingerprint density at radius 3 is 2.44 bits per heavy atom. The molecule has 0 saturated carbocycles. The van der Waals surface area contributed by atoms with Crippen LogP contribution in [0.25, 0.3) is 11.0 Å². The second-order valence-corrected chi connectivity index (χ2v) is 7.53. The lowest BCUT2D eigenvalue weighted by Gasteiger charge is -2.12. The topological polar surface area (TPSA) is 104 Å². The van der Waals surface area contributed by atoms with Crippen LogP contribution >= 0.6 is 0 Å². The second-order valence-electron chi connectivity index (χ2n) is 5.79. The number of aromatic amines is 1. The summed E-state index contributed by atoms with van der Waals surface area (Å²) in [7, 11) is -3.34. The van der Waals surface area contributed by atoms with E-state index in [1.165, 1.54) is 0 Å². The van der Waals surface area contributed by atoms with Gasteiger partial charge in [0.25, 0.3) is 5.91 Å². The van der Waals surface area contributed by atoms with Crippen LogP contribution in [0.1, 0.15) is 29.1 Å². The first kappa shape index (κ1) is 17.0. The molecule has 0 radical (unpaired) electrons. The number of hydrogen-bond donors (Lipinski definition) is 3. The number of aromatic nitrogens is 2. The largest absolute Gasteiger partial charge is 0.342 e. The van der Waals surface area contributed by atoms with E-state index >= 15 is 0 Å². The predicted octanol–water partition coefficient (Wildman–Crippen LogP) is 2.43. The van der Waals surface area contributed by atoms with Crippen LogP contribution in [0.5, 0.6) is 0 Å². The van der Waals surface area contributed by atoms with E-state index in [-0.39, 0.29) is 11.9 Å². The monoisotopic (exact) mass is 358 g/mol. The van der Waals surface area contributed by atoms with E-state index < -0.39 is 10.0 Å². The molecule has 3 rings (SSSR count). The molecule has 1 amide bonds. The first-order valence-electron chi connectivity index (χ1n) is 7.65. The van der Waals surface area contributed by atoms with Crippen molar-refractivity contribution in [2.75, 3.05) is 11.0 Å². The highest BCUT2D eigenvalue weighted by molar-refractivity contribution is 7.92. The van der Waals surface area contributed by atoms with Crippen molar-refractivity contribution >= 4 is 32.7 Å². The number of anilines is 1. The Morgan fingerprint density at radius 1 is 1.12 bits per heavy atom. The number of fused-ring (bicyclic) bond motifs is 1. The summed E-state index contributed by atoms with van der Waals surface area (Å²) in [5, 5.41) is 2.87. The van der Waals surface area contributed by atoms with Crippen molar-refractivity contribution in [2.45, 2.75) is 13.0 Å². The highest BCUT2D eigenvalue weighted by Gasteiger charge is 2.15. The van der Waals surface area contributed by atoms with Crippen molar-refractivity contribution in [3.63, 3.8) is 0 Å². The maximum absolute atomic E-state index is 12.3. The minimum Gasteiger partial charge on any atom is -0.342 e. The van der Waals surface area contributed by atoms with Gasteiger partial charge in [-0.2, -0.15) is 0 Å². The lowest BCUT2D eigenvalue weighted by Crippen LogP contribution is -2.27. The molecule has 130 valence electrons. The number of sulfonamides is 1. The summed E-state index contributed by atoms with van der Waals surface area (Å²) in [6.07, 6.45) is 1.07. The zero-order valence-corrected chi connectivity index (χ0v) is 14.6. The Bertz CT molecular complexity index is 977. The van der Waals surface area contributed by atoms with E-state index in [1.807, 2.05) is 31.2 Å². The molecule has 25 heavy (non-hydrogen) atoms. The summed E-state index contributed by atoms with van der Waals surface area (Å²) in [6, 6.07) is 13.6. The third-order valence-corrected chi connectivity index (χ3v) is 4.22. The fourth-order valence-electron chi connectivity index (χ4n) is 2.43. The van der Waals surface area contributed by atoms with Crippen LogP contribution in [0.15, 0.2) is 48.5 Å².